The van der Waals surface area contributed by atoms with Crippen molar-refractivity contribution in [3.63, 3.8) is 0 Å². The van der Waals surface area contributed by atoms with Gasteiger partial charge in [0.25, 0.3) is 0 Å². The van der Waals surface area contributed by atoms with Crippen LogP contribution in [-0.4, -0.2) is 33.8 Å². The Hall–Kier alpha value is -1.72. The van der Waals surface area contributed by atoms with Crippen molar-refractivity contribution in [2.45, 2.75) is 6.04 Å². The van der Waals surface area contributed by atoms with Gasteiger partial charge in [-0.3, -0.25) is 9.78 Å². The van der Waals surface area contributed by atoms with Gasteiger partial charge < -0.3 is 15.9 Å². The van der Waals surface area contributed by atoms with E-state index >= 15 is 0 Å². The van der Waals surface area contributed by atoms with Crippen LogP contribution in [0.5, 0.6) is 0 Å². The first-order valence-electron chi connectivity index (χ1n) is 4.24. The smallest absolute Gasteiger partial charge is 0.322 e. The van der Waals surface area contributed by atoms with Gasteiger partial charge in [-0.15, -0.1) is 0 Å². The third kappa shape index (κ3) is 6.36. The molecule has 1 aromatic heterocycles. The molecule has 0 saturated heterocycles. The number of hydrogen-bond donors (Lipinski definition) is 3. The Morgan fingerprint density at radius 3 is 2.53 bits per heavy atom. The average Bonchev–Trinajstić information content (AvgIpc) is 2.29. The summed E-state index contributed by atoms with van der Waals surface area (Å²) in [6.45, 7) is 3.06. The number of aromatic nitrogens is 1. The van der Waals surface area contributed by atoms with Gasteiger partial charge in [0.1, 0.15) is 6.04 Å². The van der Waals surface area contributed by atoms with E-state index in [-0.39, 0.29) is 0 Å². The van der Waals surface area contributed by atoms with E-state index in [0.717, 1.165) is 5.69 Å². The Bertz CT molecular complexity index is 301. The molecule has 0 aliphatic rings. The van der Waals surface area contributed by atoms with Crippen molar-refractivity contribution in [1.82, 2.24) is 4.98 Å². The van der Waals surface area contributed by atoms with Crippen molar-refractivity contribution in [2.24, 2.45) is 5.73 Å². The van der Waals surface area contributed by atoms with Crippen LogP contribution in [0.25, 0.3) is 6.08 Å². The van der Waals surface area contributed by atoms with Gasteiger partial charge in [0.15, 0.2) is 0 Å². The number of rotatable bonds is 3. The van der Waals surface area contributed by atoms with Crippen LogP contribution in [0.15, 0.2) is 31.0 Å². The van der Waals surface area contributed by atoms with Crippen molar-refractivity contribution in [1.29, 1.82) is 0 Å². The minimum atomic E-state index is -1.18. The van der Waals surface area contributed by atoms with Crippen LogP contribution in [0.1, 0.15) is 5.69 Å². The van der Waals surface area contributed by atoms with Gasteiger partial charge in [0, 0.05) is 6.20 Å². The summed E-state index contributed by atoms with van der Waals surface area (Å²) in [6.07, 6.45) is 3.47. The number of aliphatic hydroxyl groups excluding tert-OH is 1. The largest absolute Gasteiger partial charge is 0.480 e. The molecule has 1 rings (SSSR count). The molecule has 0 aliphatic carbocycles. The fourth-order valence-corrected chi connectivity index (χ4v) is 0.575. The lowest BCUT2D eigenvalue weighted by molar-refractivity contribution is -0.139. The highest BCUT2D eigenvalue weighted by molar-refractivity contribution is 5.73. The average molecular weight is 210 g/mol. The van der Waals surface area contributed by atoms with E-state index in [1.54, 1.807) is 12.3 Å². The normalized spacial score (nSPS) is 10.8. The Morgan fingerprint density at radius 1 is 1.67 bits per heavy atom. The predicted octanol–water partition coefficient (Wildman–Crippen LogP) is 0.115. The second-order valence-electron chi connectivity index (χ2n) is 2.59. The number of aliphatic carboxylic acids is 1. The molecule has 0 radical (unpaired) electrons. The number of nitrogens with zero attached hydrogens (tertiary/aromatic N) is 1. The van der Waals surface area contributed by atoms with Crippen molar-refractivity contribution in [3.05, 3.63) is 36.7 Å². The van der Waals surface area contributed by atoms with Crippen molar-refractivity contribution < 1.29 is 15.0 Å². The molecule has 0 saturated carbocycles. The molecule has 15 heavy (non-hydrogen) atoms. The zero-order valence-electron chi connectivity index (χ0n) is 8.21. The van der Waals surface area contributed by atoms with E-state index in [2.05, 4.69) is 11.6 Å². The van der Waals surface area contributed by atoms with Crippen molar-refractivity contribution in [3.8, 4) is 0 Å². The molecule has 0 amide bonds. The lowest BCUT2D eigenvalue weighted by Crippen LogP contribution is -2.33. The predicted molar refractivity (Wildman–Crippen MR) is 57.0 cm³/mol. The zero-order valence-corrected chi connectivity index (χ0v) is 8.21. The summed E-state index contributed by atoms with van der Waals surface area (Å²) in [5, 5.41) is 15.9. The van der Waals surface area contributed by atoms with Crippen LogP contribution in [0.2, 0.25) is 0 Å². The zero-order chi connectivity index (χ0) is 11.7. The standard InChI is InChI=1S/C7H7N.C3H7NO3/c1-2-7-5-3-4-6-8-7;4-2(1-5)3(6)7/h2-6H,1H2;2,5H,1,4H2,(H,6,7). The third-order valence-electron chi connectivity index (χ3n) is 1.41. The van der Waals surface area contributed by atoms with E-state index in [4.69, 9.17) is 15.9 Å². The summed E-state index contributed by atoms with van der Waals surface area (Å²) in [5.41, 5.74) is 5.69. The minimum absolute atomic E-state index is 0.505. The molecule has 0 bridgehead atoms. The summed E-state index contributed by atoms with van der Waals surface area (Å²) < 4.78 is 0. The third-order valence-corrected chi connectivity index (χ3v) is 1.41. The fourth-order valence-electron chi connectivity index (χ4n) is 0.575. The van der Waals surface area contributed by atoms with Gasteiger partial charge in [-0.25, -0.2) is 0 Å². The number of carbonyl (C=O) groups is 1. The molecule has 4 N–H and O–H groups in total. The van der Waals surface area contributed by atoms with Crippen LogP contribution in [0.4, 0.5) is 0 Å². The minimum Gasteiger partial charge on any atom is -0.480 e. The molecule has 1 unspecified atom stereocenters. The topological polar surface area (TPSA) is 96.4 Å². The van der Waals surface area contributed by atoms with Gasteiger partial charge in [-0.2, -0.15) is 0 Å². The number of nitrogens with two attached hydrogens (primary N) is 1. The van der Waals surface area contributed by atoms with Gasteiger partial charge in [-0.1, -0.05) is 12.6 Å². The van der Waals surface area contributed by atoms with Crippen LogP contribution in [0, 0.1) is 0 Å². The Balaban J connectivity index is 0.000000265. The first-order chi connectivity index (χ1) is 7.11. The molecule has 1 aromatic rings. The van der Waals surface area contributed by atoms with Crippen molar-refractivity contribution in [2.75, 3.05) is 6.61 Å². The molecule has 0 aromatic carbocycles. The first-order valence-corrected chi connectivity index (χ1v) is 4.24. The van der Waals surface area contributed by atoms with E-state index in [1.165, 1.54) is 0 Å². The maximum absolute atomic E-state index is 9.65. The van der Waals surface area contributed by atoms with Crippen LogP contribution in [-0.2, 0) is 4.79 Å². The van der Waals surface area contributed by atoms with E-state index < -0.39 is 18.6 Å². The molecule has 0 fully saturated rings. The Labute approximate surface area is 87.9 Å². The highest BCUT2D eigenvalue weighted by atomic mass is 16.4. The molecular weight excluding hydrogens is 196 g/mol. The highest BCUT2D eigenvalue weighted by Crippen LogP contribution is 1.91. The van der Waals surface area contributed by atoms with E-state index in [9.17, 15) is 4.79 Å². The first kappa shape index (κ1) is 13.3. The molecule has 1 atom stereocenters. The number of pyridine rings is 1. The fraction of sp³-hybridized carbons (Fsp3) is 0.200. The van der Waals surface area contributed by atoms with Gasteiger partial charge in [0.2, 0.25) is 0 Å². The number of carboxylic acid groups (broad SMARTS) is 1. The summed E-state index contributed by atoms with van der Waals surface area (Å²) in [5.74, 6) is -1.18. The SMILES string of the molecule is C=Cc1ccccn1.NC(CO)C(=O)O. The van der Waals surface area contributed by atoms with Gasteiger partial charge in [0.05, 0.1) is 12.3 Å². The molecule has 1 heterocycles. The lowest BCUT2D eigenvalue weighted by Gasteiger charge is -1.96. The number of carboxylic acids is 1. The molecule has 5 nitrogen and oxygen atoms in total. The van der Waals surface area contributed by atoms with E-state index in [0.29, 0.717) is 0 Å². The lowest BCUT2D eigenvalue weighted by atomic mass is 10.3. The molecule has 5 heteroatoms. The summed E-state index contributed by atoms with van der Waals surface area (Å²) in [7, 11) is 0. The number of hydrogen-bond acceptors (Lipinski definition) is 4. The summed E-state index contributed by atoms with van der Waals surface area (Å²) >= 11 is 0. The molecule has 82 valence electrons. The second kappa shape index (κ2) is 7.66. The van der Waals surface area contributed by atoms with Crippen LogP contribution < -0.4 is 5.73 Å². The maximum atomic E-state index is 9.65. The summed E-state index contributed by atoms with van der Waals surface area (Å²) in [6, 6.07) is 4.60. The van der Waals surface area contributed by atoms with Gasteiger partial charge >= 0.3 is 5.97 Å². The van der Waals surface area contributed by atoms with Crippen LogP contribution in [0.3, 0.4) is 0 Å². The van der Waals surface area contributed by atoms with E-state index in [1.807, 2.05) is 18.2 Å². The molecule has 0 spiro atoms. The monoisotopic (exact) mass is 210 g/mol. The van der Waals surface area contributed by atoms with Gasteiger partial charge in [-0.05, 0) is 18.2 Å². The Morgan fingerprint density at radius 2 is 2.33 bits per heavy atom. The second-order valence-corrected chi connectivity index (χ2v) is 2.59. The maximum Gasteiger partial charge on any atom is 0.322 e. The molecule has 0 aliphatic heterocycles. The van der Waals surface area contributed by atoms with Crippen molar-refractivity contribution >= 4 is 12.0 Å². The number of aliphatic hydroxyl groups is 1. The highest BCUT2D eigenvalue weighted by Gasteiger charge is 2.06. The van der Waals surface area contributed by atoms with Crippen LogP contribution >= 0.6 is 0 Å². The summed E-state index contributed by atoms with van der Waals surface area (Å²) in [4.78, 5) is 13.6. The quantitative estimate of drug-likeness (QED) is 0.658. The Kier molecular flexibility index (Phi) is 6.78. The molecular formula is C10H14N2O3.